The van der Waals surface area contributed by atoms with Crippen molar-refractivity contribution in [2.24, 2.45) is 0 Å². The normalized spacial score (nSPS) is 23.5. The Balaban J connectivity index is 2.16. The zero-order valence-corrected chi connectivity index (χ0v) is 10.3. The molecule has 1 aliphatic rings. The molecule has 0 radical (unpaired) electrons. The highest BCUT2D eigenvalue weighted by Crippen LogP contribution is 2.34. The molecule has 2 unspecified atom stereocenters. The molecule has 0 aromatic heterocycles. The highest BCUT2D eigenvalue weighted by Gasteiger charge is 2.28. The lowest BCUT2D eigenvalue weighted by Gasteiger charge is -2.30. The minimum absolute atomic E-state index is 0.607. The zero-order valence-electron chi connectivity index (χ0n) is 10.3. The number of hydrogen-bond acceptors (Lipinski definition) is 2. The lowest BCUT2D eigenvalue weighted by atomic mass is 10.0. The standard InChI is InChI=1S/C14H22N2/c1-3-11(2)16-10-4-5-14(16)12-6-8-13(15)9-7-12/h6-9,11,14H,3-5,10,15H2,1-2H3. The van der Waals surface area contributed by atoms with E-state index in [-0.39, 0.29) is 0 Å². The maximum atomic E-state index is 5.73. The predicted molar refractivity (Wildman–Crippen MR) is 69.3 cm³/mol. The molecule has 2 heteroatoms. The van der Waals surface area contributed by atoms with Crippen molar-refractivity contribution >= 4 is 5.69 Å². The third-order valence-corrected chi connectivity index (χ3v) is 3.77. The molecule has 1 aromatic rings. The molecule has 0 spiro atoms. The summed E-state index contributed by atoms with van der Waals surface area (Å²) in [4.78, 5) is 2.63. The fraction of sp³-hybridized carbons (Fsp3) is 0.571. The summed E-state index contributed by atoms with van der Waals surface area (Å²) in [6, 6.07) is 9.69. The Hall–Kier alpha value is -1.02. The number of nitrogens with two attached hydrogens (primary N) is 1. The molecule has 16 heavy (non-hydrogen) atoms. The van der Waals surface area contributed by atoms with Gasteiger partial charge in [-0.3, -0.25) is 4.90 Å². The Morgan fingerprint density at radius 3 is 2.69 bits per heavy atom. The van der Waals surface area contributed by atoms with E-state index in [9.17, 15) is 0 Å². The van der Waals surface area contributed by atoms with E-state index in [1.54, 1.807) is 0 Å². The Morgan fingerprint density at radius 2 is 2.06 bits per heavy atom. The molecule has 1 saturated heterocycles. The maximum Gasteiger partial charge on any atom is 0.0351 e. The first-order valence-corrected chi connectivity index (χ1v) is 6.33. The average molecular weight is 218 g/mol. The van der Waals surface area contributed by atoms with Crippen molar-refractivity contribution in [1.29, 1.82) is 0 Å². The van der Waals surface area contributed by atoms with Gasteiger partial charge in [-0.1, -0.05) is 19.1 Å². The van der Waals surface area contributed by atoms with E-state index in [0.717, 1.165) is 5.69 Å². The predicted octanol–water partition coefficient (Wildman–Crippen LogP) is 3.20. The van der Waals surface area contributed by atoms with Gasteiger partial charge in [0, 0.05) is 17.8 Å². The van der Waals surface area contributed by atoms with Crippen LogP contribution >= 0.6 is 0 Å². The molecule has 2 rings (SSSR count). The van der Waals surface area contributed by atoms with Gasteiger partial charge in [0.25, 0.3) is 0 Å². The first kappa shape index (κ1) is 11.5. The van der Waals surface area contributed by atoms with E-state index in [2.05, 4.69) is 30.9 Å². The van der Waals surface area contributed by atoms with E-state index >= 15 is 0 Å². The number of benzene rings is 1. The SMILES string of the molecule is CCC(C)N1CCCC1c1ccc(N)cc1. The lowest BCUT2D eigenvalue weighted by molar-refractivity contribution is 0.188. The van der Waals surface area contributed by atoms with E-state index < -0.39 is 0 Å². The van der Waals surface area contributed by atoms with Crippen LogP contribution in [0.3, 0.4) is 0 Å². The van der Waals surface area contributed by atoms with Crippen molar-refractivity contribution in [3.05, 3.63) is 29.8 Å². The molecule has 2 N–H and O–H groups in total. The second-order valence-electron chi connectivity index (χ2n) is 4.82. The highest BCUT2D eigenvalue weighted by atomic mass is 15.2. The van der Waals surface area contributed by atoms with Crippen LogP contribution < -0.4 is 5.73 Å². The maximum absolute atomic E-state index is 5.73. The number of anilines is 1. The summed E-state index contributed by atoms with van der Waals surface area (Å²) in [7, 11) is 0. The Bertz CT molecular complexity index is 331. The zero-order chi connectivity index (χ0) is 11.5. The van der Waals surface area contributed by atoms with Gasteiger partial charge in [-0.15, -0.1) is 0 Å². The van der Waals surface area contributed by atoms with Crippen molar-refractivity contribution in [3.63, 3.8) is 0 Å². The third-order valence-electron chi connectivity index (χ3n) is 3.77. The minimum atomic E-state index is 0.607. The van der Waals surface area contributed by atoms with Gasteiger partial charge in [0.15, 0.2) is 0 Å². The van der Waals surface area contributed by atoms with Crippen molar-refractivity contribution in [3.8, 4) is 0 Å². The van der Waals surface area contributed by atoms with Crippen LogP contribution in [0.5, 0.6) is 0 Å². The van der Waals surface area contributed by atoms with Crippen molar-refractivity contribution in [1.82, 2.24) is 4.90 Å². The molecular weight excluding hydrogens is 196 g/mol. The quantitative estimate of drug-likeness (QED) is 0.789. The second-order valence-corrected chi connectivity index (χ2v) is 4.82. The number of rotatable bonds is 3. The van der Waals surface area contributed by atoms with Gasteiger partial charge in [0.05, 0.1) is 0 Å². The number of hydrogen-bond donors (Lipinski definition) is 1. The summed E-state index contributed by atoms with van der Waals surface area (Å²) >= 11 is 0. The molecule has 0 aliphatic carbocycles. The fourth-order valence-corrected chi connectivity index (χ4v) is 2.63. The Labute approximate surface area is 98.4 Å². The third kappa shape index (κ3) is 2.22. The van der Waals surface area contributed by atoms with Crippen LogP contribution in [0.4, 0.5) is 5.69 Å². The molecule has 1 heterocycles. The van der Waals surface area contributed by atoms with Gasteiger partial charge >= 0.3 is 0 Å². The topological polar surface area (TPSA) is 29.3 Å². The minimum Gasteiger partial charge on any atom is -0.399 e. The molecule has 2 atom stereocenters. The van der Waals surface area contributed by atoms with Crippen LogP contribution in [0, 0.1) is 0 Å². The van der Waals surface area contributed by atoms with E-state index in [4.69, 9.17) is 5.73 Å². The van der Waals surface area contributed by atoms with Crippen LogP contribution in [0.25, 0.3) is 0 Å². The van der Waals surface area contributed by atoms with Gasteiger partial charge in [0.2, 0.25) is 0 Å². The first-order chi connectivity index (χ1) is 7.72. The molecule has 1 fully saturated rings. The molecule has 0 amide bonds. The molecule has 0 bridgehead atoms. The molecule has 88 valence electrons. The van der Waals surface area contributed by atoms with Gasteiger partial charge in [-0.25, -0.2) is 0 Å². The molecule has 1 aliphatic heterocycles. The number of likely N-dealkylation sites (tertiary alicyclic amines) is 1. The lowest BCUT2D eigenvalue weighted by Crippen LogP contribution is -2.31. The summed E-state index contributed by atoms with van der Waals surface area (Å²) in [5.41, 5.74) is 8.01. The second kappa shape index (κ2) is 4.88. The average Bonchev–Trinajstić information content (AvgIpc) is 2.78. The largest absolute Gasteiger partial charge is 0.399 e. The number of nitrogen functional groups attached to an aromatic ring is 1. The Kier molecular flexibility index (Phi) is 3.49. The van der Waals surface area contributed by atoms with Crippen LogP contribution in [-0.2, 0) is 0 Å². The fourth-order valence-electron chi connectivity index (χ4n) is 2.63. The van der Waals surface area contributed by atoms with Crippen molar-refractivity contribution in [2.75, 3.05) is 12.3 Å². The summed E-state index contributed by atoms with van der Waals surface area (Å²) in [6.45, 7) is 5.84. The Morgan fingerprint density at radius 1 is 1.38 bits per heavy atom. The van der Waals surface area contributed by atoms with Gasteiger partial charge in [-0.2, -0.15) is 0 Å². The van der Waals surface area contributed by atoms with Crippen LogP contribution in [0.1, 0.15) is 44.7 Å². The molecular formula is C14H22N2. The van der Waals surface area contributed by atoms with Crippen molar-refractivity contribution in [2.45, 2.75) is 45.2 Å². The smallest absolute Gasteiger partial charge is 0.0351 e. The number of nitrogens with zero attached hydrogens (tertiary/aromatic N) is 1. The van der Waals surface area contributed by atoms with Gasteiger partial charge < -0.3 is 5.73 Å². The molecule has 1 aromatic carbocycles. The van der Waals surface area contributed by atoms with Crippen LogP contribution in [0.15, 0.2) is 24.3 Å². The summed E-state index contributed by atoms with van der Waals surface area (Å²) in [6.07, 6.45) is 3.83. The van der Waals surface area contributed by atoms with E-state index in [0.29, 0.717) is 12.1 Å². The van der Waals surface area contributed by atoms with E-state index in [1.165, 1.54) is 31.4 Å². The summed E-state index contributed by atoms with van der Waals surface area (Å²) in [5.74, 6) is 0. The van der Waals surface area contributed by atoms with Gasteiger partial charge in [0.1, 0.15) is 0 Å². The summed E-state index contributed by atoms with van der Waals surface area (Å²) < 4.78 is 0. The van der Waals surface area contributed by atoms with Crippen molar-refractivity contribution < 1.29 is 0 Å². The van der Waals surface area contributed by atoms with Crippen LogP contribution in [0.2, 0.25) is 0 Å². The highest BCUT2D eigenvalue weighted by molar-refractivity contribution is 5.40. The first-order valence-electron chi connectivity index (χ1n) is 6.33. The monoisotopic (exact) mass is 218 g/mol. The van der Waals surface area contributed by atoms with E-state index in [1.807, 2.05) is 12.1 Å². The van der Waals surface area contributed by atoms with Crippen LogP contribution in [-0.4, -0.2) is 17.5 Å². The molecule has 0 saturated carbocycles. The van der Waals surface area contributed by atoms with Gasteiger partial charge in [-0.05, 0) is 50.4 Å². The molecule has 2 nitrogen and oxygen atoms in total. The summed E-state index contributed by atoms with van der Waals surface area (Å²) in [5, 5.41) is 0.